The number of anilines is 1. The second-order valence-electron chi connectivity index (χ2n) is 7.37. The third kappa shape index (κ3) is 5.45. The molecule has 0 atom stereocenters. The van der Waals surface area contributed by atoms with Crippen molar-refractivity contribution in [2.45, 2.75) is 20.8 Å². The molecule has 3 rings (SSSR count). The molecule has 1 heterocycles. The lowest BCUT2D eigenvalue weighted by molar-refractivity contribution is -0.895. The normalized spacial score (nSPS) is 11.1. The Morgan fingerprint density at radius 1 is 1.07 bits per heavy atom. The number of amides is 2. The van der Waals surface area contributed by atoms with Gasteiger partial charge in [-0.1, -0.05) is 35.5 Å². The lowest BCUT2D eigenvalue weighted by atomic mass is 10.1. The van der Waals surface area contributed by atoms with Crippen molar-refractivity contribution in [2.75, 3.05) is 38.0 Å². The molecular weight excluding hydrogens is 380 g/mol. The summed E-state index contributed by atoms with van der Waals surface area (Å²) in [5, 5.41) is 8.56. The Kier molecular flexibility index (Phi) is 7.19. The molecule has 0 unspecified atom stereocenters. The van der Waals surface area contributed by atoms with E-state index < -0.39 is 0 Å². The molecular formula is C23H29N4O3+. The molecule has 2 aromatic carbocycles. The molecule has 30 heavy (non-hydrogen) atoms. The third-order valence-electron chi connectivity index (χ3n) is 5.25. The Bertz CT molecular complexity index is 1010. The van der Waals surface area contributed by atoms with Crippen LogP contribution < -0.4 is 10.2 Å². The molecule has 0 bridgehead atoms. The van der Waals surface area contributed by atoms with Gasteiger partial charge >= 0.3 is 0 Å². The average molecular weight is 410 g/mol. The molecule has 3 aromatic rings. The first-order valence-corrected chi connectivity index (χ1v) is 10.3. The summed E-state index contributed by atoms with van der Waals surface area (Å²) >= 11 is 0. The van der Waals surface area contributed by atoms with Gasteiger partial charge in [0.05, 0.1) is 26.2 Å². The molecule has 2 amide bonds. The van der Waals surface area contributed by atoms with Crippen molar-refractivity contribution in [2.24, 2.45) is 0 Å². The minimum atomic E-state index is -0.299. The van der Waals surface area contributed by atoms with Crippen LogP contribution in [0.25, 0.3) is 10.8 Å². The van der Waals surface area contributed by atoms with Gasteiger partial charge in [0.1, 0.15) is 12.3 Å². The number of rotatable bonds is 9. The molecule has 7 nitrogen and oxygen atoms in total. The van der Waals surface area contributed by atoms with Crippen molar-refractivity contribution >= 4 is 28.4 Å². The summed E-state index contributed by atoms with van der Waals surface area (Å²) in [5.41, 5.74) is 0.577. The molecule has 0 spiro atoms. The number of aromatic nitrogens is 1. The summed E-state index contributed by atoms with van der Waals surface area (Å²) in [7, 11) is 0. The van der Waals surface area contributed by atoms with E-state index in [0.717, 1.165) is 30.4 Å². The van der Waals surface area contributed by atoms with Gasteiger partial charge in [-0.2, -0.15) is 0 Å². The van der Waals surface area contributed by atoms with Crippen molar-refractivity contribution in [3.05, 3.63) is 59.9 Å². The zero-order valence-electron chi connectivity index (χ0n) is 17.8. The van der Waals surface area contributed by atoms with Gasteiger partial charge < -0.3 is 19.6 Å². The first-order valence-electron chi connectivity index (χ1n) is 10.3. The smallest absolute Gasteiger partial charge is 0.254 e. The highest BCUT2D eigenvalue weighted by Crippen LogP contribution is 2.17. The average Bonchev–Trinajstić information content (AvgIpc) is 3.17. The van der Waals surface area contributed by atoms with Gasteiger partial charge in [0.25, 0.3) is 5.91 Å². The molecule has 0 aliphatic carbocycles. The van der Waals surface area contributed by atoms with Crippen LogP contribution in [-0.4, -0.2) is 54.6 Å². The van der Waals surface area contributed by atoms with Gasteiger partial charge in [0.2, 0.25) is 5.91 Å². The van der Waals surface area contributed by atoms with Gasteiger partial charge in [0.15, 0.2) is 5.82 Å². The van der Waals surface area contributed by atoms with Gasteiger partial charge in [-0.3, -0.25) is 9.59 Å². The number of nitrogens with one attached hydrogen (secondary N) is 2. The summed E-state index contributed by atoms with van der Waals surface area (Å²) < 4.78 is 4.99. The van der Waals surface area contributed by atoms with Crippen LogP contribution in [0.2, 0.25) is 0 Å². The van der Waals surface area contributed by atoms with Crippen LogP contribution in [0.3, 0.4) is 0 Å². The van der Waals surface area contributed by atoms with E-state index in [1.54, 1.807) is 17.9 Å². The van der Waals surface area contributed by atoms with Crippen molar-refractivity contribution in [3.63, 3.8) is 0 Å². The molecule has 0 fully saturated rings. The van der Waals surface area contributed by atoms with E-state index in [4.69, 9.17) is 4.52 Å². The predicted octanol–water partition coefficient (Wildman–Crippen LogP) is 2.14. The molecule has 7 heteroatoms. The number of carbonyl (C=O) groups is 2. The Labute approximate surface area is 176 Å². The molecule has 0 saturated carbocycles. The maximum Gasteiger partial charge on any atom is 0.254 e. The monoisotopic (exact) mass is 409 g/mol. The fraction of sp³-hybridized carbons (Fsp3) is 0.348. The number of fused-ring (bicyclic) bond motifs is 1. The number of quaternary nitrogens is 1. The molecule has 0 aliphatic heterocycles. The molecule has 1 aromatic heterocycles. The fourth-order valence-electron chi connectivity index (χ4n) is 3.43. The second-order valence-corrected chi connectivity index (χ2v) is 7.37. The van der Waals surface area contributed by atoms with Crippen LogP contribution in [0.1, 0.15) is 30.0 Å². The number of likely N-dealkylation sites (N-methyl/N-ethyl adjacent to an activating group) is 1. The first-order chi connectivity index (χ1) is 14.5. The van der Waals surface area contributed by atoms with Crippen LogP contribution in [0.4, 0.5) is 5.82 Å². The largest absolute Gasteiger partial charge is 0.360 e. The van der Waals surface area contributed by atoms with Gasteiger partial charge in [0, 0.05) is 11.6 Å². The van der Waals surface area contributed by atoms with Crippen LogP contribution in [0.5, 0.6) is 0 Å². The van der Waals surface area contributed by atoms with Crippen molar-refractivity contribution < 1.29 is 19.0 Å². The highest BCUT2D eigenvalue weighted by atomic mass is 16.5. The Morgan fingerprint density at radius 2 is 1.80 bits per heavy atom. The van der Waals surface area contributed by atoms with Gasteiger partial charge in [-0.25, -0.2) is 0 Å². The summed E-state index contributed by atoms with van der Waals surface area (Å²) in [6.45, 7) is 9.17. The minimum absolute atomic E-state index is 0.0434. The zero-order chi connectivity index (χ0) is 21.5. The van der Waals surface area contributed by atoms with Gasteiger partial charge in [-0.05, 0) is 43.7 Å². The molecule has 0 aliphatic rings. The highest BCUT2D eigenvalue weighted by molar-refractivity contribution is 6.01. The maximum absolute atomic E-state index is 13.3. The molecule has 158 valence electrons. The SMILES string of the molecule is CC[NH+](CC)CCN(CC(=O)Nc1cc(C)on1)C(=O)c1ccc2ccccc2c1. The summed E-state index contributed by atoms with van der Waals surface area (Å²) in [5.74, 6) is 0.510. The lowest BCUT2D eigenvalue weighted by Crippen LogP contribution is -3.12. The summed E-state index contributed by atoms with van der Waals surface area (Å²) in [4.78, 5) is 28.8. The number of carbonyl (C=O) groups excluding carboxylic acids is 2. The lowest BCUT2D eigenvalue weighted by Gasteiger charge is -2.24. The fourth-order valence-corrected chi connectivity index (χ4v) is 3.43. The topological polar surface area (TPSA) is 79.9 Å². The van der Waals surface area contributed by atoms with Crippen LogP contribution in [-0.2, 0) is 4.79 Å². The molecule has 2 N–H and O–H groups in total. The summed E-state index contributed by atoms with van der Waals surface area (Å²) in [6, 6.07) is 15.2. The minimum Gasteiger partial charge on any atom is -0.360 e. The Morgan fingerprint density at radius 3 is 2.47 bits per heavy atom. The van der Waals surface area contributed by atoms with E-state index in [9.17, 15) is 9.59 Å². The number of nitrogens with zero attached hydrogens (tertiary/aromatic N) is 2. The predicted molar refractivity (Wildman–Crippen MR) is 117 cm³/mol. The maximum atomic E-state index is 13.3. The van der Waals surface area contributed by atoms with Crippen LogP contribution in [0.15, 0.2) is 53.1 Å². The zero-order valence-corrected chi connectivity index (χ0v) is 17.8. The number of benzene rings is 2. The third-order valence-corrected chi connectivity index (χ3v) is 5.25. The van der Waals surface area contributed by atoms with Crippen LogP contribution in [0, 0.1) is 6.92 Å². The van der Waals surface area contributed by atoms with E-state index in [1.807, 2.05) is 42.5 Å². The molecule has 0 saturated heterocycles. The van der Waals surface area contributed by atoms with Crippen molar-refractivity contribution in [1.29, 1.82) is 0 Å². The van der Waals surface area contributed by atoms with E-state index in [1.165, 1.54) is 4.90 Å². The van der Waals surface area contributed by atoms with E-state index >= 15 is 0 Å². The highest BCUT2D eigenvalue weighted by Gasteiger charge is 2.21. The van der Waals surface area contributed by atoms with E-state index in [-0.39, 0.29) is 18.4 Å². The first kappa shape index (κ1) is 21.5. The van der Waals surface area contributed by atoms with Crippen LogP contribution >= 0.6 is 0 Å². The standard InChI is InChI=1S/C23H28N4O3/c1-4-26(5-2)12-13-27(16-22(28)24-21-14-17(3)30-25-21)23(29)20-11-10-18-8-6-7-9-19(18)15-20/h6-11,14-15H,4-5,12-13,16H2,1-3H3,(H,24,25,28)/p+1. The molecule has 0 radical (unpaired) electrons. The number of hydrogen-bond donors (Lipinski definition) is 2. The van der Waals surface area contributed by atoms with Gasteiger partial charge in [-0.15, -0.1) is 0 Å². The number of hydrogen-bond acceptors (Lipinski definition) is 4. The Hall–Kier alpha value is -3.19. The van der Waals surface area contributed by atoms with E-state index in [0.29, 0.717) is 23.7 Å². The van der Waals surface area contributed by atoms with E-state index in [2.05, 4.69) is 24.3 Å². The van der Waals surface area contributed by atoms with Crippen molar-refractivity contribution in [1.82, 2.24) is 10.1 Å². The number of aryl methyl sites for hydroxylation is 1. The quantitative estimate of drug-likeness (QED) is 0.568. The second kappa shape index (κ2) is 10.0. The van der Waals surface area contributed by atoms with Crippen molar-refractivity contribution in [3.8, 4) is 0 Å². The summed E-state index contributed by atoms with van der Waals surface area (Å²) in [6.07, 6.45) is 0. The Balaban J connectivity index is 1.77.